The number of carbonyl (C=O) groups excluding carboxylic acids is 3. The smallest absolute Gasteiger partial charge is 0.416 e. The van der Waals surface area contributed by atoms with Crippen molar-refractivity contribution < 1.29 is 41.8 Å². The molecule has 0 aliphatic carbocycles. The molecule has 0 radical (unpaired) electrons. The van der Waals surface area contributed by atoms with Gasteiger partial charge in [-0.2, -0.15) is 13.2 Å². The van der Waals surface area contributed by atoms with Crippen LogP contribution in [0.3, 0.4) is 0 Å². The lowest BCUT2D eigenvalue weighted by atomic mass is 10.1. The molecule has 0 aromatic heterocycles. The highest BCUT2D eigenvalue weighted by molar-refractivity contribution is 5.96. The third-order valence-corrected chi connectivity index (χ3v) is 4.51. The first-order valence-electron chi connectivity index (χ1n) is 9.67. The summed E-state index contributed by atoms with van der Waals surface area (Å²) >= 11 is 0. The Balaban J connectivity index is 1.81. The third kappa shape index (κ3) is 7.41. The second-order valence-electron chi connectivity index (χ2n) is 6.82. The lowest BCUT2D eigenvalue weighted by molar-refractivity contribution is -0.147. The Kier molecular flexibility index (Phi) is 8.66. The molecule has 2 aromatic rings. The van der Waals surface area contributed by atoms with Crippen LogP contribution in [0, 0.1) is 0 Å². The van der Waals surface area contributed by atoms with Crippen molar-refractivity contribution in [2.24, 2.45) is 0 Å². The Morgan fingerprint density at radius 1 is 1.00 bits per heavy atom. The zero-order chi connectivity index (χ0) is 24.6. The monoisotopic (exact) mass is 468 g/mol. The molecule has 0 aliphatic heterocycles. The van der Waals surface area contributed by atoms with Gasteiger partial charge in [-0.05, 0) is 49.4 Å². The minimum Gasteiger partial charge on any atom is -0.497 e. The number of benzene rings is 2. The normalized spacial score (nSPS) is 11.8. The van der Waals surface area contributed by atoms with Gasteiger partial charge < -0.3 is 24.8 Å². The second-order valence-corrected chi connectivity index (χ2v) is 6.82. The van der Waals surface area contributed by atoms with Crippen LogP contribution >= 0.6 is 0 Å². The zero-order valence-electron chi connectivity index (χ0n) is 18.1. The number of rotatable bonds is 9. The van der Waals surface area contributed by atoms with Crippen LogP contribution in [0.1, 0.15) is 34.5 Å². The van der Waals surface area contributed by atoms with E-state index in [4.69, 9.17) is 14.2 Å². The van der Waals surface area contributed by atoms with Crippen molar-refractivity contribution >= 4 is 17.8 Å². The zero-order valence-corrected chi connectivity index (χ0v) is 18.1. The Morgan fingerprint density at radius 3 is 2.24 bits per heavy atom. The van der Waals surface area contributed by atoms with Crippen molar-refractivity contribution in [1.29, 1.82) is 0 Å². The van der Waals surface area contributed by atoms with Crippen molar-refractivity contribution in [3.63, 3.8) is 0 Å². The lowest BCUT2D eigenvalue weighted by Crippen LogP contribution is -2.34. The van der Waals surface area contributed by atoms with Gasteiger partial charge in [0.25, 0.3) is 11.8 Å². The van der Waals surface area contributed by atoms with Crippen LogP contribution in [0.25, 0.3) is 0 Å². The van der Waals surface area contributed by atoms with Gasteiger partial charge in [-0.25, -0.2) is 0 Å². The third-order valence-electron chi connectivity index (χ3n) is 4.51. The second kappa shape index (κ2) is 11.2. The topological polar surface area (TPSA) is 103 Å². The summed E-state index contributed by atoms with van der Waals surface area (Å²) in [5, 5.41) is 4.87. The Morgan fingerprint density at radius 2 is 1.67 bits per heavy atom. The number of nitrogens with one attached hydrogen (secondary N) is 2. The van der Waals surface area contributed by atoms with E-state index in [0.717, 1.165) is 24.3 Å². The molecule has 0 aliphatic rings. The van der Waals surface area contributed by atoms with E-state index in [2.05, 4.69) is 10.6 Å². The predicted molar refractivity (Wildman–Crippen MR) is 111 cm³/mol. The van der Waals surface area contributed by atoms with Gasteiger partial charge in [0.05, 0.1) is 25.8 Å². The average Bonchev–Trinajstić information content (AvgIpc) is 2.80. The van der Waals surface area contributed by atoms with Gasteiger partial charge >= 0.3 is 12.1 Å². The molecule has 2 N–H and O–H groups in total. The minimum absolute atomic E-state index is 0.0606. The minimum atomic E-state index is -4.52. The molecule has 8 nitrogen and oxygen atoms in total. The fraction of sp³-hybridized carbons (Fsp3) is 0.318. The summed E-state index contributed by atoms with van der Waals surface area (Å²) in [5.74, 6) is -1.13. The van der Waals surface area contributed by atoms with Crippen molar-refractivity contribution in [3.8, 4) is 11.5 Å². The first-order valence-corrected chi connectivity index (χ1v) is 9.67. The summed E-state index contributed by atoms with van der Waals surface area (Å²) in [6.45, 7) is 0.555. The van der Waals surface area contributed by atoms with Gasteiger partial charge in [0.1, 0.15) is 18.0 Å². The van der Waals surface area contributed by atoms with Crippen molar-refractivity contribution in [3.05, 3.63) is 59.2 Å². The molecule has 0 fully saturated rings. The molecule has 11 heteroatoms. The molecule has 0 saturated carbocycles. The number of hydrogen-bond donors (Lipinski definition) is 2. The number of halogens is 3. The van der Waals surface area contributed by atoms with Crippen LogP contribution in [0.2, 0.25) is 0 Å². The number of ether oxygens (including phenoxy) is 3. The molecular weight excluding hydrogens is 445 g/mol. The summed E-state index contributed by atoms with van der Waals surface area (Å²) in [6.07, 6.45) is -4.52. The van der Waals surface area contributed by atoms with Gasteiger partial charge in [0.2, 0.25) is 0 Å². The van der Waals surface area contributed by atoms with Crippen LogP contribution < -0.4 is 20.1 Å². The van der Waals surface area contributed by atoms with Gasteiger partial charge in [-0.15, -0.1) is 0 Å². The number of methoxy groups -OCH3 is 2. The fourth-order valence-electron chi connectivity index (χ4n) is 2.80. The molecule has 33 heavy (non-hydrogen) atoms. The number of amides is 2. The van der Waals surface area contributed by atoms with E-state index in [9.17, 15) is 27.6 Å². The summed E-state index contributed by atoms with van der Waals surface area (Å²) in [7, 11) is 2.99. The highest BCUT2D eigenvalue weighted by Gasteiger charge is 2.30. The van der Waals surface area contributed by atoms with E-state index in [-0.39, 0.29) is 5.56 Å². The lowest BCUT2D eigenvalue weighted by Gasteiger charge is -2.18. The van der Waals surface area contributed by atoms with Crippen molar-refractivity contribution in [2.45, 2.75) is 19.1 Å². The largest absolute Gasteiger partial charge is 0.497 e. The van der Waals surface area contributed by atoms with E-state index < -0.39 is 48.7 Å². The summed E-state index contributed by atoms with van der Waals surface area (Å²) in [5.41, 5.74) is -0.305. The molecule has 0 saturated heterocycles. The summed E-state index contributed by atoms with van der Waals surface area (Å²) < 4.78 is 53.0. The molecule has 1 unspecified atom stereocenters. The Hall–Kier alpha value is -3.76. The first kappa shape index (κ1) is 25.5. The summed E-state index contributed by atoms with van der Waals surface area (Å²) in [6, 6.07) is 8.11. The van der Waals surface area contributed by atoms with Crippen molar-refractivity contribution in [1.82, 2.24) is 10.6 Å². The molecule has 2 aromatic carbocycles. The molecule has 2 amide bonds. The summed E-state index contributed by atoms with van der Waals surface area (Å²) in [4.78, 5) is 35.9. The highest BCUT2D eigenvalue weighted by Crippen LogP contribution is 2.30. The molecular formula is C22H23F3N2O6. The van der Waals surface area contributed by atoms with E-state index in [1.54, 1.807) is 25.1 Å². The molecule has 0 bridgehead atoms. The predicted octanol–water partition coefficient (Wildman–Crippen LogP) is 2.87. The standard InChI is InChI=1S/C22H23F3N2O6/c1-13(17-10-16(31-2)8-9-18(17)32-3)27-19(28)12-33-20(29)11-26-21(30)14-4-6-15(7-5-14)22(23,24)25/h4-10,13H,11-12H2,1-3H3,(H,26,30)(H,27,28). The van der Waals surface area contributed by atoms with Crippen LogP contribution in [0.5, 0.6) is 11.5 Å². The molecule has 178 valence electrons. The van der Waals surface area contributed by atoms with Crippen LogP contribution in [0.15, 0.2) is 42.5 Å². The number of esters is 1. The Bertz CT molecular complexity index is 993. The first-order chi connectivity index (χ1) is 15.5. The maximum absolute atomic E-state index is 12.6. The van der Waals surface area contributed by atoms with Gasteiger partial charge in [-0.3, -0.25) is 14.4 Å². The van der Waals surface area contributed by atoms with E-state index in [1.807, 2.05) is 0 Å². The van der Waals surface area contributed by atoms with Crippen LogP contribution in [-0.2, 0) is 20.5 Å². The highest BCUT2D eigenvalue weighted by atomic mass is 19.4. The SMILES string of the molecule is COc1ccc(OC)c(C(C)NC(=O)COC(=O)CNC(=O)c2ccc(C(F)(F)F)cc2)c1. The number of alkyl halides is 3. The van der Waals surface area contributed by atoms with E-state index in [0.29, 0.717) is 17.1 Å². The number of hydrogen-bond acceptors (Lipinski definition) is 6. The van der Waals surface area contributed by atoms with Crippen LogP contribution in [-0.4, -0.2) is 45.2 Å². The molecule has 0 heterocycles. The molecule has 0 spiro atoms. The van der Waals surface area contributed by atoms with Gasteiger partial charge in [0.15, 0.2) is 6.61 Å². The maximum Gasteiger partial charge on any atom is 0.416 e. The number of carbonyl (C=O) groups is 3. The van der Waals surface area contributed by atoms with Gasteiger partial charge in [-0.1, -0.05) is 0 Å². The van der Waals surface area contributed by atoms with Crippen LogP contribution in [0.4, 0.5) is 13.2 Å². The van der Waals surface area contributed by atoms with E-state index in [1.165, 1.54) is 14.2 Å². The quantitative estimate of drug-likeness (QED) is 0.549. The molecule has 2 rings (SSSR count). The van der Waals surface area contributed by atoms with E-state index >= 15 is 0 Å². The molecule has 1 atom stereocenters. The maximum atomic E-state index is 12.6. The van der Waals surface area contributed by atoms with Gasteiger partial charge in [0, 0.05) is 11.1 Å². The average molecular weight is 468 g/mol. The Labute approximate surface area is 188 Å². The van der Waals surface area contributed by atoms with Crippen molar-refractivity contribution in [2.75, 3.05) is 27.4 Å². The fourth-order valence-corrected chi connectivity index (χ4v) is 2.80.